The SMILES string of the molecule is CCC(C(=O)OC)C(N)c1ccc2ncoc2c1. The molecule has 2 unspecified atom stereocenters. The topological polar surface area (TPSA) is 78.4 Å². The zero-order valence-electron chi connectivity index (χ0n) is 10.4. The Bertz CT molecular complexity index is 550. The van der Waals surface area contributed by atoms with E-state index in [1.165, 1.54) is 13.5 Å². The molecule has 0 aliphatic rings. The Morgan fingerprint density at radius 1 is 1.56 bits per heavy atom. The number of rotatable bonds is 4. The van der Waals surface area contributed by atoms with Crippen molar-refractivity contribution >= 4 is 17.1 Å². The normalized spacial score (nSPS) is 14.4. The van der Waals surface area contributed by atoms with Crippen LogP contribution in [-0.2, 0) is 9.53 Å². The Hall–Kier alpha value is -1.88. The Labute approximate surface area is 105 Å². The quantitative estimate of drug-likeness (QED) is 0.837. The second-order valence-electron chi connectivity index (χ2n) is 4.14. The van der Waals surface area contributed by atoms with E-state index in [0.29, 0.717) is 12.0 Å². The van der Waals surface area contributed by atoms with Gasteiger partial charge < -0.3 is 14.9 Å². The minimum Gasteiger partial charge on any atom is -0.469 e. The minimum atomic E-state index is -0.406. The van der Waals surface area contributed by atoms with E-state index >= 15 is 0 Å². The molecule has 1 aromatic carbocycles. The number of methoxy groups -OCH3 is 1. The van der Waals surface area contributed by atoms with Gasteiger partial charge in [0.1, 0.15) is 5.52 Å². The third-order valence-corrected chi connectivity index (χ3v) is 3.12. The average molecular weight is 248 g/mol. The van der Waals surface area contributed by atoms with Crippen molar-refractivity contribution in [2.75, 3.05) is 7.11 Å². The summed E-state index contributed by atoms with van der Waals surface area (Å²) in [5, 5.41) is 0. The molecule has 5 heteroatoms. The molecule has 1 aromatic heterocycles. The van der Waals surface area contributed by atoms with E-state index in [0.717, 1.165) is 11.1 Å². The fourth-order valence-corrected chi connectivity index (χ4v) is 2.03. The maximum absolute atomic E-state index is 11.6. The van der Waals surface area contributed by atoms with Crippen LogP contribution >= 0.6 is 0 Å². The molecule has 2 aromatic rings. The molecule has 5 nitrogen and oxygen atoms in total. The number of hydrogen-bond donors (Lipinski definition) is 1. The highest BCUT2D eigenvalue weighted by atomic mass is 16.5. The number of benzene rings is 1. The molecule has 0 radical (unpaired) electrons. The van der Waals surface area contributed by atoms with Crippen molar-refractivity contribution in [3.63, 3.8) is 0 Å². The first-order valence-corrected chi connectivity index (χ1v) is 5.84. The molecule has 2 rings (SSSR count). The third-order valence-electron chi connectivity index (χ3n) is 3.12. The first-order chi connectivity index (χ1) is 8.67. The van der Waals surface area contributed by atoms with Crippen LogP contribution in [0.3, 0.4) is 0 Å². The number of ether oxygens (including phenoxy) is 1. The summed E-state index contributed by atoms with van der Waals surface area (Å²) in [6.45, 7) is 1.91. The summed E-state index contributed by atoms with van der Waals surface area (Å²) >= 11 is 0. The van der Waals surface area contributed by atoms with Gasteiger partial charge in [-0.25, -0.2) is 4.98 Å². The number of esters is 1. The highest BCUT2D eigenvalue weighted by Crippen LogP contribution is 2.26. The van der Waals surface area contributed by atoms with Gasteiger partial charge in [0.2, 0.25) is 0 Å². The predicted molar refractivity (Wildman–Crippen MR) is 66.7 cm³/mol. The standard InChI is InChI=1S/C13H16N2O3/c1-3-9(13(16)17-2)12(14)8-4-5-10-11(6-8)18-7-15-10/h4-7,9,12H,3,14H2,1-2H3. The maximum Gasteiger partial charge on any atom is 0.310 e. The zero-order valence-corrected chi connectivity index (χ0v) is 10.4. The van der Waals surface area contributed by atoms with Crippen LogP contribution in [0.1, 0.15) is 24.9 Å². The van der Waals surface area contributed by atoms with Crippen molar-refractivity contribution in [3.8, 4) is 0 Å². The van der Waals surface area contributed by atoms with Gasteiger partial charge in [-0.05, 0) is 24.1 Å². The molecule has 0 saturated carbocycles. The van der Waals surface area contributed by atoms with E-state index in [9.17, 15) is 4.79 Å². The lowest BCUT2D eigenvalue weighted by Crippen LogP contribution is -2.28. The number of nitrogens with zero attached hydrogens (tertiary/aromatic N) is 1. The van der Waals surface area contributed by atoms with E-state index < -0.39 is 6.04 Å². The number of carbonyl (C=O) groups is 1. The van der Waals surface area contributed by atoms with Crippen LogP contribution in [0, 0.1) is 5.92 Å². The second kappa shape index (κ2) is 5.18. The molecule has 0 spiro atoms. The maximum atomic E-state index is 11.6. The van der Waals surface area contributed by atoms with E-state index in [2.05, 4.69) is 4.98 Å². The van der Waals surface area contributed by atoms with Gasteiger partial charge in [-0.3, -0.25) is 4.79 Å². The molecule has 96 valence electrons. The van der Waals surface area contributed by atoms with E-state index in [4.69, 9.17) is 14.9 Å². The summed E-state index contributed by atoms with van der Waals surface area (Å²) in [7, 11) is 1.37. The average Bonchev–Trinajstić information content (AvgIpc) is 2.86. The van der Waals surface area contributed by atoms with Crippen LogP contribution in [0.4, 0.5) is 0 Å². The molecular formula is C13H16N2O3. The first kappa shape index (κ1) is 12.6. The van der Waals surface area contributed by atoms with Crippen molar-refractivity contribution in [2.24, 2.45) is 11.7 Å². The summed E-state index contributed by atoms with van der Waals surface area (Å²) in [6, 6.07) is 5.11. The highest BCUT2D eigenvalue weighted by Gasteiger charge is 2.26. The van der Waals surface area contributed by atoms with E-state index in [1.807, 2.05) is 25.1 Å². The van der Waals surface area contributed by atoms with E-state index in [1.54, 1.807) is 0 Å². The Kier molecular flexibility index (Phi) is 3.62. The van der Waals surface area contributed by atoms with Crippen LogP contribution in [-0.4, -0.2) is 18.1 Å². The molecule has 0 fully saturated rings. The minimum absolute atomic E-state index is 0.289. The number of oxazole rings is 1. The van der Waals surface area contributed by atoms with Crippen molar-refractivity contribution in [3.05, 3.63) is 30.2 Å². The van der Waals surface area contributed by atoms with Gasteiger partial charge in [-0.2, -0.15) is 0 Å². The second-order valence-corrected chi connectivity index (χ2v) is 4.14. The van der Waals surface area contributed by atoms with Crippen LogP contribution < -0.4 is 5.73 Å². The number of carbonyl (C=O) groups excluding carboxylic acids is 1. The molecule has 0 saturated heterocycles. The number of fused-ring (bicyclic) bond motifs is 1. The number of aromatic nitrogens is 1. The van der Waals surface area contributed by atoms with Crippen LogP contribution in [0.25, 0.3) is 11.1 Å². The van der Waals surface area contributed by atoms with Gasteiger partial charge in [0.15, 0.2) is 12.0 Å². The summed E-state index contributed by atoms with van der Waals surface area (Å²) in [5.41, 5.74) is 8.41. The van der Waals surface area contributed by atoms with Crippen molar-refractivity contribution in [1.82, 2.24) is 4.98 Å². The molecule has 18 heavy (non-hydrogen) atoms. The van der Waals surface area contributed by atoms with Gasteiger partial charge in [0.25, 0.3) is 0 Å². The van der Waals surface area contributed by atoms with Crippen molar-refractivity contribution in [1.29, 1.82) is 0 Å². The van der Waals surface area contributed by atoms with Gasteiger partial charge >= 0.3 is 5.97 Å². The predicted octanol–water partition coefficient (Wildman–Crippen LogP) is 2.03. The number of nitrogens with two attached hydrogens (primary N) is 1. The lowest BCUT2D eigenvalue weighted by Gasteiger charge is -2.20. The highest BCUT2D eigenvalue weighted by molar-refractivity contribution is 5.75. The summed E-state index contributed by atoms with van der Waals surface area (Å²) in [5.74, 6) is -0.641. The molecule has 0 aliphatic heterocycles. The molecule has 2 atom stereocenters. The smallest absolute Gasteiger partial charge is 0.310 e. The molecule has 0 aliphatic carbocycles. The van der Waals surface area contributed by atoms with Crippen LogP contribution in [0.5, 0.6) is 0 Å². The lowest BCUT2D eigenvalue weighted by molar-refractivity contribution is -0.146. The fourth-order valence-electron chi connectivity index (χ4n) is 2.03. The molecular weight excluding hydrogens is 232 g/mol. The van der Waals surface area contributed by atoms with Crippen LogP contribution in [0.15, 0.2) is 29.0 Å². The monoisotopic (exact) mass is 248 g/mol. The largest absolute Gasteiger partial charge is 0.469 e. The van der Waals surface area contributed by atoms with Crippen molar-refractivity contribution in [2.45, 2.75) is 19.4 Å². The van der Waals surface area contributed by atoms with Gasteiger partial charge in [0, 0.05) is 6.04 Å². The Balaban J connectivity index is 2.30. The molecule has 1 heterocycles. The summed E-state index contributed by atoms with van der Waals surface area (Å²) < 4.78 is 9.99. The molecule has 0 amide bonds. The Morgan fingerprint density at radius 3 is 3.00 bits per heavy atom. The third kappa shape index (κ3) is 2.22. The number of hydrogen-bond acceptors (Lipinski definition) is 5. The zero-order chi connectivity index (χ0) is 13.1. The Morgan fingerprint density at radius 2 is 2.33 bits per heavy atom. The van der Waals surface area contributed by atoms with Gasteiger partial charge in [-0.1, -0.05) is 13.0 Å². The molecule has 0 bridgehead atoms. The van der Waals surface area contributed by atoms with Gasteiger partial charge in [0.05, 0.1) is 13.0 Å². The fraction of sp³-hybridized carbons (Fsp3) is 0.385. The summed E-state index contributed by atoms with van der Waals surface area (Å²) in [4.78, 5) is 15.7. The molecule has 2 N–H and O–H groups in total. The van der Waals surface area contributed by atoms with Crippen molar-refractivity contribution < 1.29 is 13.9 Å². The summed E-state index contributed by atoms with van der Waals surface area (Å²) in [6.07, 6.45) is 2.01. The van der Waals surface area contributed by atoms with E-state index in [-0.39, 0.29) is 11.9 Å². The van der Waals surface area contributed by atoms with Gasteiger partial charge in [-0.15, -0.1) is 0 Å². The van der Waals surface area contributed by atoms with Crippen LogP contribution in [0.2, 0.25) is 0 Å². The first-order valence-electron chi connectivity index (χ1n) is 5.84. The lowest BCUT2D eigenvalue weighted by atomic mass is 9.91.